The second-order valence-electron chi connectivity index (χ2n) is 4.38. The van der Waals surface area contributed by atoms with Gasteiger partial charge in [0.1, 0.15) is 0 Å². The predicted octanol–water partition coefficient (Wildman–Crippen LogP) is 2.92. The molecule has 1 N–H and O–H groups in total. The fourth-order valence-corrected chi connectivity index (χ4v) is 1.98. The van der Waals surface area contributed by atoms with Crippen LogP contribution in [-0.2, 0) is 11.3 Å². The maximum atomic E-state index is 5.46. The van der Waals surface area contributed by atoms with Crippen molar-refractivity contribution in [2.75, 3.05) is 19.8 Å². The summed E-state index contributed by atoms with van der Waals surface area (Å²) in [7, 11) is 0. The first-order chi connectivity index (χ1) is 9.42. The van der Waals surface area contributed by atoms with Crippen LogP contribution in [0.1, 0.15) is 12.0 Å². The Kier molecular flexibility index (Phi) is 5.53. The van der Waals surface area contributed by atoms with Crippen molar-refractivity contribution in [1.29, 1.82) is 0 Å². The van der Waals surface area contributed by atoms with Crippen molar-refractivity contribution in [3.05, 3.63) is 54.9 Å². The van der Waals surface area contributed by atoms with E-state index in [1.165, 1.54) is 16.3 Å². The van der Waals surface area contributed by atoms with Crippen molar-refractivity contribution in [2.24, 2.45) is 0 Å². The van der Waals surface area contributed by atoms with Crippen LogP contribution in [-0.4, -0.2) is 24.7 Å². The third kappa shape index (κ3) is 4.16. The van der Waals surface area contributed by atoms with E-state index in [-0.39, 0.29) is 0 Å². The molecule has 0 spiro atoms. The zero-order chi connectivity index (χ0) is 13.3. The van der Waals surface area contributed by atoms with Crippen molar-refractivity contribution >= 4 is 10.8 Å². The van der Waals surface area contributed by atoms with Gasteiger partial charge in [0.05, 0.1) is 13.2 Å². The van der Waals surface area contributed by atoms with E-state index in [4.69, 9.17) is 4.74 Å². The summed E-state index contributed by atoms with van der Waals surface area (Å²) < 4.78 is 5.46. The molecule has 0 saturated heterocycles. The molecule has 1 aromatic carbocycles. The van der Waals surface area contributed by atoms with E-state index in [9.17, 15) is 0 Å². The highest BCUT2D eigenvalue weighted by Gasteiger charge is 1.99. The molecule has 3 nitrogen and oxygen atoms in total. The van der Waals surface area contributed by atoms with Crippen LogP contribution in [0.5, 0.6) is 0 Å². The van der Waals surface area contributed by atoms with Gasteiger partial charge in [0.2, 0.25) is 0 Å². The number of nitrogens with zero attached hydrogens (tertiary/aromatic N) is 1. The summed E-state index contributed by atoms with van der Waals surface area (Å²) in [6.45, 7) is 6.87. The zero-order valence-corrected chi connectivity index (χ0v) is 11.1. The van der Waals surface area contributed by atoms with Crippen LogP contribution >= 0.6 is 0 Å². The number of fused-ring (bicyclic) bond motifs is 1. The number of hydrogen-bond donors (Lipinski definition) is 1. The van der Waals surface area contributed by atoms with Crippen LogP contribution < -0.4 is 5.32 Å². The average molecular weight is 256 g/mol. The van der Waals surface area contributed by atoms with Gasteiger partial charge in [0, 0.05) is 30.9 Å². The fraction of sp³-hybridized carbons (Fsp3) is 0.312. The lowest BCUT2D eigenvalue weighted by molar-refractivity contribution is 0.140. The Morgan fingerprint density at radius 3 is 3.11 bits per heavy atom. The van der Waals surface area contributed by atoms with Crippen molar-refractivity contribution in [3.8, 4) is 0 Å². The van der Waals surface area contributed by atoms with Gasteiger partial charge in [-0.2, -0.15) is 0 Å². The molecule has 0 radical (unpaired) electrons. The molecule has 0 fully saturated rings. The largest absolute Gasteiger partial charge is 0.380 e. The number of pyridine rings is 1. The minimum Gasteiger partial charge on any atom is -0.380 e. The Hall–Kier alpha value is -1.71. The Balaban J connectivity index is 1.80. The van der Waals surface area contributed by atoms with Gasteiger partial charge in [-0.15, -0.1) is 6.58 Å². The Morgan fingerprint density at radius 2 is 2.21 bits per heavy atom. The zero-order valence-electron chi connectivity index (χ0n) is 11.1. The molecule has 2 aromatic rings. The molecular weight excluding hydrogens is 236 g/mol. The highest BCUT2D eigenvalue weighted by molar-refractivity contribution is 5.84. The topological polar surface area (TPSA) is 34.1 Å². The number of hydrogen-bond acceptors (Lipinski definition) is 3. The van der Waals surface area contributed by atoms with Crippen molar-refractivity contribution < 1.29 is 4.74 Å². The van der Waals surface area contributed by atoms with E-state index in [1.807, 2.05) is 18.5 Å². The van der Waals surface area contributed by atoms with Crippen LogP contribution in [0.3, 0.4) is 0 Å². The molecule has 100 valence electrons. The molecule has 0 atom stereocenters. The Bertz CT molecular complexity index is 520. The molecule has 0 aliphatic carbocycles. The van der Waals surface area contributed by atoms with Gasteiger partial charge in [-0.25, -0.2) is 0 Å². The highest BCUT2D eigenvalue weighted by Crippen LogP contribution is 2.16. The number of benzene rings is 1. The first kappa shape index (κ1) is 13.7. The van der Waals surface area contributed by atoms with Crippen LogP contribution in [0.25, 0.3) is 10.8 Å². The molecule has 1 heterocycles. The molecular formula is C16H20N2O. The van der Waals surface area contributed by atoms with Crippen LogP contribution in [0.2, 0.25) is 0 Å². The molecule has 0 aliphatic heterocycles. The normalized spacial score (nSPS) is 10.7. The van der Waals surface area contributed by atoms with E-state index in [0.717, 1.165) is 32.7 Å². The fourth-order valence-electron chi connectivity index (χ4n) is 1.98. The van der Waals surface area contributed by atoms with Crippen molar-refractivity contribution in [1.82, 2.24) is 10.3 Å². The van der Waals surface area contributed by atoms with Crippen LogP contribution in [0.4, 0.5) is 0 Å². The summed E-state index contributed by atoms with van der Waals surface area (Å²) in [6.07, 6.45) is 6.52. The Morgan fingerprint density at radius 1 is 1.26 bits per heavy atom. The minimum absolute atomic E-state index is 0.736. The SMILES string of the molecule is C=CCCOCCNCc1cccc2cnccc12. The number of nitrogens with one attached hydrogen (secondary N) is 1. The summed E-state index contributed by atoms with van der Waals surface area (Å²) in [6, 6.07) is 8.37. The predicted molar refractivity (Wildman–Crippen MR) is 79.1 cm³/mol. The number of ether oxygens (including phenoxy) is 1. The standard InChI is InChI=1S/C16H20N2O/c1-2-3-10-19-11-9-18-13-15-6-4-5-14-12-17-8-7-16(14)15/h2,4-8,12,18H,1,3,9-11,13H2. The molecule has 2 rings (SSSR count). The first-order valence-electron chi connectivity index (χ1n) is 6.63. The third-order valence-corrected chi connectivity index (χ3v) is 2.98. The molecule has 0 saturated carbocycles. The average Bonchev–Trinajstić information content (AvgIpc) is 2.46. The lowest BCUT2D eigenvalue weighted by atomic mass is 10.1. The second-order valence-corrected chi connectivity index (χ2v) is 4.38. The molecule has 0 unspecified atom stereocenters. The van der Waals surface area contributed by atoms with Gasteiger partial charge in [0.15, 0.2) is 0 Å². The van der Waals surface area contributed by atoms with Gasteiger partial charge >= 0.3 is 0 Å². The molecule has 0 aliphatic rings. The molecule has 0 bridgehead atoms. The number of rotatable bonds is 8. The molecule has 1 aromatic heterocycles. The minimum atomic E-state index is 0.736. The maximum absolute atomic E-state index is 5.46. The maximum Gasteiger partial charge on any atom is 0.0591 e. The van der Waals surface area contributed by atoms with Gasteiger partial charge in [-0.3, -0.25) is 4.98 Å². The summed E-state index contributed by atoms with van der Waals surface area (Å²) in [5.41, 5.74) is 1.30. The van der Waals surface area contributed by atoms with Gasteiger partial charge < -0.3 is 10.1 Å². The van der Waals surface area contributed by atoms with Gasteiger partial charge in [-0.1, -0.05) is 24.3 Å². The lowest BCUT2D eigenvalue weighted by Gasteiger charge is -2.08. The molecule has 3 heteroatoms. The van der Waals surface area contributed by atoms with E-state index in [2.05, 4.69) is 41.1 Å². The summed E-state index contributed by atoms with van der Waals surface area (Å²) in [5.74, 6) is 0. The Labute approximate surface area is 114 Å². The van der Waals surface area contributed by atoms with E-state index in [1.54, 1.807) is 0 Å². The highest BCUT2D eigenvalue weighted by atomic mass is 16.5. The first-order valence-corrected chi connectivity index (χ1v) is 6.63. The van der Waals surface area contributed by atoms with Gasteiger partial charge in [0.25, 0.3) is 0 Å². The monoisotopic (exact) mass is 256 g/mol. The van der Waals surface area contributed by atoms with Gasteiger partial charge in [-0.05, 0) is 23.4 Å². The lowest BCUT2D eigenvalue weighted by Crippen LogP contribution is -2.19. The van der Waals surface area contributed by atoms with Crippen molar-refractivity contribution in [2.45, 2.75) is 13.0 Å². The van der Waals surface area contributed by atoms with E-state index < -0.39 is 0 Å². The van der Waals surface area contributed by atoms with Crippen LogP contribution in [0.15, 0.2) is 49.3 Å². The number of aromatic nitrogens is 1. The molecule has 19 heavy (non-hydrogen) atoms. The second kappa shape index (κ2) is 7.67. The molecule has 0 amide bonds. The van der Waals surface area contributed by atoms with E-state index in [0.29, 0.717) is 0 Å². The summed E-state index contributed by atoms with van der Waals surface area (Å²) in [4.78, 5) is 4.14. The third-order valence-electron chi connectivity index (χ3n) is 2.98. The van der Waals surface area contributed by atoms with Crippen molar-refractivity contribution in [3.63, 3.8) is 0 Å². The van der Waals surface area contributed by atoms with E-state index >= 15 is 0 Å². The smallest absolute Gasteiger partial charge is 0.0591 e. The summed E-state index contributed by atoms with van der Waals surface area (Å²) in [5, 5.41) is 5.85. The summed E-state index contributed by atoms with van der Waals surface area (Å²) >= 11 is 0. The van der Waals surface area contributed by atoms with Crippen LogP contribution in [0, 0.1) is 0 Å². The quantitative estimate of drug-likeness (QED) is 0.582.